The minimum absolute atomic E-state index is 0.112. The molecule has 5 atom stereocenters. The second-order valence-corrected chi connectivity index (χ2v) is 6.21. The smallest absolute Gasteiger partial charge is 0.370 e. The van der Waals surface area contributed by atoms with Gasteiger partial charge >= 0.3 is 5.97 Å². The predicted octanol–water partition coefficient (Wildman–Crippen LogP) is -0.765. The van der Waals surface area contributed by atoms with Crippen molar-refractivity contribution in [1.82, 2.24) is 5.32 Å². The van der Waals surface area contributed by atoms with Gasteiger partial charge in [0.05, 0.1) is 24.9 Å². The highest BCUT2D eigenvalue weighted by Gasteiger charge is 2.41. The van der Waals surface area contributed by atoms with Crippen LogP contribution in [0.15, 0.2) is 11.8 Å². The van der Waals surface area contributed by atoms with E-state index < -0.39 is 48.6 Å². The summed E-state index contributed by atoms with van der Waals surface area (Å²) < 4.78 is 5.34. The van der Waals surface area contributed by atoms with Crippen LogP contribution in [0.4, 0.5) is 0 Å². The molecule has 0 bridgehead atoms. The quantitative estimate of drug-likeness (QED) is 0.413. The van der Waals surface area contributed by atoms with E-state index in [9.17, 15) is 19.8 Å². The third kappa shape index (κ3) is 5.19. The lowest BCUT2D eigenvalue weighted by Crippen LogP contribution is -2.57. The first-order valence-corrected chi connectivity index (χ1v) is 7.55. The Morgan fingerprint density at radius 1 is 1.35 bits per heavy atom. The van der Waals surface area contributed by atoms with E-state index in [2.05, 4.69) is 5.32 Å². The van der Waals surface area contributed by atoms with E-state index in [0.29, 0.717) is 0 Å². The Bertz CT molecular complexity index is 463. The number of aliphatic carboxylic acids is 1. The van der Waals surface area contributed by atoms with E-state index in [1.54, 1.807) is 6.92 Å². The van der Waals surface area contributed by atoms with Crippen LogP contribution in [0.1, 0.15) is 27.2 Å². The van der Waals surface area contributed by atoms with Crippen molar-refractivity contribution < 1.29 is 34.8 Å². The summed E-state index contributed by atoms with van der Waals surface area (Å²) in [6.07, 6.45) is -2.19. The molecular weight excluding hydrogens is 306 g/mol. The molecule has 0 saturated heterocycles. The molecule has 0 fully saturated rings. The highest BCUT2D eigenvalue weighted by atomic mass is 16.5. The molecule has 8 heteroatoms. The van der Waals surface area contributed by atoms with Crippen LogP contribution < -0.4 is 5.32 Å². The number of hydrogen-bond donors (Lipinski definition) is 5. The maximum atomic E-state index is 12.0. The van der Waals surface area contributed by atoms with Gasteiger partial charge in [-0.3, -0.25) is 4.79 Å². The first kappa shape index (κ1) is 19.4. The number of rotatable bonds is 7. The molecule has 0 spiro atoms. The van der Waals surface area contributed by atoms with Gasteiger partial charge in [-0.25, -0.2) is 4.79 Å². The Kier molecular flexibility index (Phi) is 6.99. The Morgan fingerprint density at radius 3 is 2.43 bits per heavy atom. The number of carbonyl (C=O) groups excluding carboxylic acids is 1. The van der Waals surface area contributed by atoms with E-state index in [-0.39, 0.29) is 18.2 Å². The molecule has 5 N–H and O–H groups in total. The predicted molar refractivity (Wildman–Crippen MR) is 80.2 cm³/mol. The van der Waals surface area contributed by atoms with Crippen LogP contribution in [-0.4, -0.2) is 63.3 Å². The molecule has 1 rings (SSSR count). The van der Waals surface area contributed by atoms with Crippen LogP contribution in [0.25, 0.3) is 0 Å². The summed E-state index contributed by atoms with van der Waals surface area (Å²) in [6.45, 7) is 4.73. The average molecular weight is 331 g/mol. The molecule has 0 aliphatic carbocycles. The van der Waals surface area contributed by atoms with Crippen molar-refractivity contribution in [2.24, 2.45) is 11.8 Å². The second-order valence-electron chi connectivity index (χ2n) is 6.21. The van der Waals surface area contributed by atoms with Gasteiger partial charge in [-0.15, -0.1) is 0 Å². The summed E-state index contributed by atoms with van der Waals surface area (Å²) in [6, 6.07) is -0.916. The molecule has 23 heavy (non-hydrogen) atoms. The Morgan fingerprint density at radius 2 is 1.96 bits per heavy atom. The first-order chi connectivity index (χ1) is 10.7. The van der Waals surface area contributed by atoms with E-state index in [1.807, 2.05) is 13.8 Å². The number of carbonyl (C=O) groups is 2. The van der Waals surface area contributed by atoms with Gasteiger partial charge in [-0.05, 0) is 12.0 Å². The minimum Gasteiger partial charge on any atom is -0.481 e. The van der Waals surface area contributed by atoms with Crippen molar-refractivity contribution >= 4 is 11.9 Å². The Labute approximate surface area is 134 Å². The normalized spacial score (nSPS) is 26.9. The number of amides is 1. The van der Waals surface area contributed by atoms with Gasteiger partial charge in [0, 0.05) is 12.3 Å². The van der Waals surface area contributed by atoms with Gasteiger partial charge in [-0.2, -0.15) is 0 Å². The lowest BCUT2D eigenvalue weighted by Gasteiger charge is -2.39. The van der Waals surface area contributed by atoms with Crippen LogP contribution in [0, 0.1) is 11.8 Å². The lowest BCUT2D eigenvalue weighted by atomic mass is 9.87. The summed E-state index contributed by atoms with van der Waals surface area (Å²) in [5, 5.41) is 40.7. The molecule has 1 heterocycles. The van der Waals surface area contributed by atoms with Gasteiger partial charge in [0.25, 0.3) is 0 Å². The van der Waals surface area contributed by atoms with Crippen LogP contribution in [0.2, 0.25) is 0 Å². The highest BCUT2D eigenvalue weighted by Crippen LogP contribution is 2.26. The maximum Gasteiger partial charge on any atom is 0.370 e. The topological polar surface area (TPSA) is 136 Å². The van der Waals surface area contributed by atoms with E-state index in [1.165, 1.54) is 0 Å². The molecular formula is C15H25NO7. The minimum atomic E-state index is -1.35. The molecule has 8 nitrogen and oxygen atoms in total. The summed E-state index contributed by atoms with van der Waals surface area (Å²) >= 11 is 0. The van der Waals surface area contributed by atoms with Crippen LogP contribution in [0.5, 0.6) is 0 Å². The van der Waals surface area contributed by atoms with Crippen molar-refractivity contribution in [2.45, 2.75) is 51.5 Å². The fourth-order valence-electron chi connectivity index (χ4n) is 2.44. The van der Waals surface area contributed by atoms with Gasteiger partial charge < -0.3 is 30.5 Å². The largest absolute Gasteiger partial charge is 0.481 e. The molecule has 0 saturated carbocycles. The third-order valence-corrected chi connectivity index (χ3v) is 3.75. The fourth-order valence-corrected chi connectivity index (χ4v) is 2.44. The number of ether oxygens (including phenoxy) is 1. The molecule has 1 aliphatic heterocycles. The van der Waals surface area contributed by atoms with Crippen molar-refractivity contribution in [1.29, 1.82) is 0 Å². The number of hydrogen-bond acceptors (Lipinski definition) is 6. The fraction of sp³-hybridized carbons (Fsp3) is 0.733. The van der Waals surface area contributed by atoms with Crippen molar-refractivity contribution in [3.63, 3.8) is 0 Å². The maximum absolute atomic E-state index is 12.0. The zero-order valence-electron chi connectivity index (χ0n) is 13.5. The van der Waals surface area contributed by atoms with E-state index in [4.69, 9.17) is 14.9 Å². The van der Waals surface area contributed by atoms with Crippen LogP contribution >= 0.6 is 0 Å². The molecule has 1 amide bonds. The third-order valence-electron chi connectivity index (χ3n) is 3.75. The number of nitrogens with one attached hydrogen (secondary N) is 1. The zero-order valence-corrected chi connectivity index (χ0v) is 13.5. The first-order valence-electron chi connectivity index (χ1n) is 7.55. The summed E-state index contributed by atoms with van der Waals surface area (Å²) in [7, 11) is 0. The molecule has 0 aromatic heterocycles. The van der Waals surface area contributed by atoms with Crippen LogP contribution in [-0.2, 0) is 14.3 Å². The molecule has 4 unspecified atom stereocenters. The number of aliphatic hydroxyl groups is 3. The standard InChI is InChI=1S/C15H25NO7/c1-7(2)4-12(20)16-13-9(18)5-11(15(21)22)23-14(13)8(3)10(19)6-17/h5,7-10,13-14,17-19H,4,6H2,1-3H3,(H,16,20)(H,21,22)/t8?,9?,10?,13-,14?/m1/s1. The average Bonchev–Trinajstić information content (AvgIpc) is 2.46. The highest BCUT2D eigenvalue weighted by molar-refractivity contribution is 5.84. The van der Waals surface area contributed by atoms with Crippen molar-refractivity contribution in [3.05, 3.63) is 11.8 Å². The van der Waals surface area contributed by atoms with E-state index in [0.717, 1.165) is 6.08 Å². The van der Waals surface area contributed by atoms with E-state index >= 15 is 0 Å². The number of carboxylic acids is 1. The Balaban J connectivity index is 3.00. The molecule has 0 radical (unpaired) electrons. The summed E-state index contributed by atoms with van der Waals surface area (Å²) in [4.78, 5) is 23.0. The Hall–Kier alpha value is -1.64. The van der Waals surface area contributed by atoms with Crippen LogP contribution in [0.3, 0.4) is 0 Å². The monoisotopic (exact) mass is 331 g/mol. The summed E-state index contributed by atoms with van der Waals surface area (Å²) in [5.41, 5.74) is 0. The molecule has 0 aromatic carbocycles. The number of aliphatic hydroxyl groups excluding tert-OH is 3. The lowest BCUT2D eigenvalue weighted by molar-refractivity contribution is -0.143. The van der Waals surface area contributed by atoms with Gasteiger partial charge in [0.1, 0.15) is 6.10 Å². The van der Waals surface area contributed by atoms with Gasteiger partial charge in [0.2, 0.25) is 11.7 Å². The van der Waals surface area contributed by atoms with Crippen molar-refractivity contribution in [3.8, 4) is 0 Å². The number of carboxylic acid groups (broad SMARTS) is 1. The molecule has 0 aromatic rings. The zero-order chi connectivity index (χ0) is 17.7. The van der Waals surface area contributed by atoms with Gasteiger partial charge in [-0.1, -0.05) is 20.8 Å². The SMILES string of the molecule is CC(C)CC(=O)N[C@@H]1C(O)C=C(C(=O)O)OC1C(C)C(O)CO. The molecule has 132 valence electrons. The second kappa shape index (κ2) is 8.28. The molecule has 1 aliphatic rings. The van der Waals surface area contributed by atoms with Gasteiger partial charge in [0.15, 0.2) is 0 Å². The van der Waals surface area contributed by atoms with Crippen molar-refractivity contribution in [2.75, 3.05) is 6.61 Å². The summed E-state index contributed by atoms with van der Waals surface area (Å²) in [5.74, 6) is -2.71.